The number of hydrogen-bond acceptors (Lipinski definition) is 4. The van der Waals surface area contributed by atoms with E-state index in [0.717, 1.165) is 36.8 Å². The molecule has 0 spiro atoms. The second kappa shape index (κ2) is 8.73. The SMILES string of the molecule is CCCCCCOc1ncnc(NCC)c1C(C)C. The minimum atomic E-state index is 0.348. The van der Waals surface area contributed by atoms with Gasteiger partial charge in [0.05, 0.1) is 12.2 Å². The highest BCUT2D eigenvalue weighted by molar-refractivity contribution is 5.50. The average Bonchev–Trinajstić information content (AvgIpc) is 2.38. The average molecular weight is 265 g/mol. The van der Waals surface area contributed by atoms with Crippen LogP contribution in [-0.2, 0) is 0 Å². The van der Waals surface area contributed by atoms with Crippen molar-refractivity contribution in [1.82, 2.24) is 9.97 Å². The molecule has 1 N–H and O–H groups in total. The summed E-state index contributed by atoms with van der Waals surface area (Å²) >= 11 is 0. The predicted octanol–water partition coefficient (Wildman–Crippen LogP) is 3.99. The molecule has 0 saturated heterocycles. The standard InChI is InChI=1S/C15H27N3O/c1-5-7-8-9-10-19-15-13(12(3)4)14(16-6-2)17-11-18-15/h11-12H,5-10H2,1-4H3,(H,16,17,18). The van der Waals surface area contributed by atoms with Crippen molar-refractivity contribution >= 4 is 5.82 Å². The van der Waals surface area contributed by atoms with Crippen molar-refractivity contribution in [2.75, 3.05) is 18.5 Å². The summed E-state index contributed by atoms with van der Waals surface area (Å²) in [6.45, 7) is 10.2. The van der Waals surface area contributed by atoms with E-state index in [2.05, 4.69) is 43.0 Å². The van der Waals surface area contributed by atoms with Gasteiger partial charge in [-0.2, -0.15) is 0 Å². The number of ether oxygens (including phenoxy) is 1. The van der Waals surface area contributed by atoms with Crippen molar-refractivity contribution in [2.24, 2.45) is 0 Å². The zero-order valence-electron chi connectivity index (χ0n) is 12.7. The van der Waals surface area contributed by atoms with Crippen LogP contribution in [0.25, 0.3) is 0 Å². The lowest BCUT2D eigenvalue weighted by atomic mass is 10.1. The Morgan fingerprint density at radius 1 is 1.16 bits per heavy atom. The van der Waals surface area contributed by atoms with Gasteiger partial charge in [-0.1, -0.05) is 40.0 Å². The van der Waals surface area contributed by atoms with Gasteiger partial charge in [-0.05, 0) is 19.3 Å². The van der Waals surface area contributed by atoms with Gasteiger partial charge in [0.1, 0.15) is 12.1 Å². The lowest BCUT2D eigenvalue weighted by molar-refractivity contribution is 0.289. The van der Waals surface area contributed by atoms with Crippen LogP contribution in [0.2, 0.25) is 0 Å². The molecule has 0 amide bonds. The van der Waals surface area contributed by atoms with Crippen LogP contribution in [0, 0.1) is 0 Å². The Kier molecular flexibility index (Phi) is 7.23. The Hall–Kier alpha value is -1.32. The largest absolute Gasteiger partial charge is 0.477 e. The number of nitrogens with one attached hydrogen (secondary N) is 1. The molecule has 0 saturated carbocycles. The molecule has 4 nitrogen and oxygen atoms in total. The number of unbranched alkanes of at least 4 members (excludes halogenated alkanes) is 3. The van der Waals surface area contributed by atoms with E-state index in [1.54, 1.807) is 6.33 Å². The predicted molar refractivity (Wildman–Crippen MR) is 79.9 cm³/mol. The molecular formula is C15H27N3O. The molecular weight excluding hydrogens is 238 g/mol. The van der Waals surface area contributed by atoms with Gasteiger partial charge < -0.3 is 10.1 Å². The van der Waals surface area contributed by atoms with E-state index in [4.69, 9.17) is 4.74 Å². The van der Waals surface area contributed by atoms with Crippen molar-refractivity contribution in [1.29, 1.82) is 0 Å². The molecule has 4 heteroatoms. The molecule has 0 aliphatic rings. The van der Waals surface area contributed by atoms with Crippen LogP contribution in [0.3, 0.4) is 0 Å². The van der Waals surface area contributed by atoms with Gasteiger partial charge >= 0.3 is 0 Å². The highest BCUT2D eigenvalue weighted by Gasteiger charge is 2.15. The van der Waals surface area contributed by atoms with Crippen molar-refractivity contribution in [3.8, 4) is 5.88 Å². The Labute approximate surface area is 117 Å². The van der Waals surface area contributed by atoms with Crippen LogP contribution in [-0.4, -0.2) is 23.1 Å². The monoisotopic (exact) mass is 265 g/mol. The minimum Gasteiger partial charge on any atom is -0.477 e. The van der Waals surface area contributed by atoms with Gasteiger partial charge in [-0.25, -0.2) is 9.97 Å². The maximum absolute atomic E-state index is 5.84. The van der Waals surface area contributed by atoms with E-state index in [1.807, 2.05) is 0 Å². The van der Waals surface area contributed by atoms with Gasteiger partial charge in [0, 0.05) is 6.54 Å². The molecule has 0 fully saturated rings. The topological polar surface area (TPSA) is 47.0 Å². The van der Waals surface area contributed by atoms with Gasteiger partial charge in [0.15, 0.2) is 0 Å². The summed E-state index contributed by atoms with van der Waals surface area (Å²) in [5.74, 6) is 1.98. The molecule has 108 valence electrons. The number of aromatic nitrogens is 2. The fraction of sp³-hybridized carbons (Fsp3) is 0.733. The third-order valence-corrected chi connectivity index (χ3v) is 3.01. The van der Waals surface area contributed by atoms with E-state index in [-0.39, 0.29) is 0 Å². The Morgan fingerprint density at radius 3 is 2.58 bits per heavy atom. The molecule has 0 atom stereocenters. The van der Waals surface area contributed by atoms with E-state index < -0.39 is 0 Å². The summed E-state index contributed by atoms with van der Waals surface area (Å²) in [5, 5.41) is 3.28. The van der Waals surface area contributed by atoms with Crippen molar-refractivity contribution < 1.29 is 4.74 Å². The summed E-state index contributed by atoms with van der Waals surface area (Å²) in [5.41, 5.74) is 1.08. The molecule has 1 heterocycles. The van der Waals surface area contributed by atoms with Crippen LogP contribution in [0.15, 0.2) is 6.33 Å². The lowest BCUT2D eigenvalue weighted by Gasteiger charge is -2.16. The normalized spacial score (nSPS) is 10.8. The highest BCUT2D eigenvalue weighted by atomic mass is 16.5. The second-order valence-corrected chi connectivity index (χ2v) is 5.04. The lowest BCUT2D eigenvalue weighted by Crippen LogP contribution is -2.09. The van der Waals surface area contributed by atoms with Crippen LogP contribution < -0.4 is 10.1 Å². The van der Waals surface area contributed by atoms with Gasteiger partial charge in [-0.3, -0.25) is 0 Å². The molecule has 1 aromatic heterocycles. The van der Waals surface area contributed by atoms with E-state index in [0.29, 0.717) is 5.92 Å². The zero-order valence-corrected chi connectivity index (χ0v) is 12.7. The molecule has 0 aliphatic heterocycles. The van der Waals surface area contributed by atoms with Crippen molar-refractivity contribution in [3.05, 3.63) is 11.9 Å². The first-order valence-corrected chi connectivity index (χ1v) is 7.42. The molecule has 0 unspecified atom stereocenters. The van der Waals surface area contributed by atoms with Gasteiger partial charge in [0.2, 0.25) is 5.88 Å². The summed E-state index contributed by atoms with van der Waals surface area (Å²) in [6.07, 6.45) is 6.40. The fourth-order valence-electron chi connectivity index (χ4n) is 2.02. The zero-order chi connectivity index (χ0) is 14.1. The second-order valence-electron chi connectivity index (χ2n) is 5.04. The van der Waals surface area contributed by atoms with Gasteiger partial charge in [-0.15, -0.1) is 0 Å². The summed E-state index contributed by atoms with van der Waals surface area (Å²) in [7, 11) is 0. The smallest absolute Gasteiger partial charge is 0.222 e. The first kappa shape index (κ1) is 15.7. The van der Waals surface area contributed by atoms with Gasteiger partial charge in [0.25, 0.3) is 0 Å². The first-order valence-electron chi connectivity index (χ1n) is 7.42. The van der Waals surface area contributed by atoms with Crippen LogP contribution in [0.4, 0.5) is 5.82 Å². The summed E-state index contributed by atoms with van der Waals surface area (Å²) in [6, 6.07) is 0. The third-order valence-electron chi connectivity index (χ3n) is 3.01. The highest BCUT2D eigenvalue weighted by Crippen LogP contribution is 2.29. The number of nitrogens with zero attached hydrogens (tertiary/aromatic N) is 2. The van der Waals surface area contributed by atoms with E-state index >= 15 is 0 Å². The maximum Gasteiger partial charge on any atom is 0.222 e. The molecule has 0 aromatic carbocycles. The quantitative estimate of drug-likeness (QED) is 0.686. The number of anilines is 1. The molecule has 0 radical (unpaired) electrons. The maximum atomic E-state index is 5.84. The van der Waals surface area contributed by atoms with Crippen molar-refractivity contribution in [3.63, 3.8) is 0 Å². The van der Waals surface area contributed by atoms with Crippen LogP contribution >= 0.6 is 0 Å². The van der Waals surface area contributed by atoms with Crippen LogP contribution in [0.1, 0.15) is 64.9 Å². The van der Waals surface area contributed by atoms with Crippen molar-refractivity contribution in [2.45, 2.75) is 59.3 Å². The first-order chi connectivity index (χ1) is 9.20. The summed E-state index contributed by atoms with van der Waals surface area (Å²) < 4.78 is 5.84. The molecule has 1 rings (SSSR count). The molecule has 1 aromatic rings. The number of rotatable bonds is 9. The third kappa shape index (κ3) is 5.05. The Bertz CT molecular complexity index is 366. The molecule has 19 heavy (non-hydrogen) atoms. The minimum absolute atomic E-state index is 0.348. The fourth-order valence-corrected chi connectivity index (χ4v) is 2.02. The summed E-state index contributed by atoms with van der Waals surface area (Å²) in [4.78, 5) is 8.59. The molecule has 0 aliphatic carbocycles. The van der Waals surface area contributed by atoms with Crippen LogP contribution in [0.5, 0.6) is 5.88 Å². The Morgan fingerprint density at radius 2 is 1.95 bits per heavy atom. The van der Waals surface area contributed by atoms with E-state index in [1.165, 1.54) is 19.3 Å². The number of hydrogen-bond donors (Lipinski definition) is 1. The Balaban J connectivity index is 2.68. The van der Waals surface area contributed by atoms with E-state index in [9.17, 15) is 0 Å². The molecule has 0 bridgehead atoms.